The number of carbonyl (C=O) groups excluding carboxylic acids is 1. The minimum Gasteiger partial charge on any atom is -0.462 e. The monoisotopic (exact) mass is 345 g/mol. The van der Waals surface area contributed by atoms with Crippen LogP contribution in [-0.4, -0.2) is 24.8 Å². The van der Waals surface area contributed by atoms with Crippen molar-refractivity contribution in [1.29, 1.82) is 0 Å². The van der Waals surface area contributed by atoms with Gasteiger partial charge in [0.15, 0.2) is 11.5 Å². The second-order valence-electron chi connectivity index (χ2n) is 4.19. The molecule has 2 rings (SSSR count). The topological polar surface area (TPSA) is 70.8 Å². The van der Waals surface area contributed by atoms with E-state index in [1.807, 2.05) is 0 Å². The van der Waals surface area contributed by atoms with Crippen LogP contribution in [0.1, 0.15) is 18.5 Å². The number of rotatable bonds is 4. The lowest BCUT2D eigenvalue weighted by molar-refractivity contribution is -0.286. The number of ether oxygens (including phenoxy) is 3. The molecule has 0 saturated heterocycles. The van der Waals surface area contributed by atoms with E-state index in [2.05, 4.69) is 14.2 Å². The van der Waals surface area contributed by atoms with Crippen molar-refractivity contribution in [1.82, 2.24) is 0 Å². The van der Waals surface area contributed by atoms with E-state index < -0.39 is 30.0 Å². The molecule has 10 heteroatoms. The molecular formula is C12H12ClF4NO4. The maximum absolute atomic E-state index is 13.8. The molecule has 1 aromatic rings. The Morgan fingerprint density at radius 1 is 1.36 bits per heavy atom. The maximum Gasteiger partial charge on any atom is 0.586 e. The first-order valence-electron chi connectivity index (χ1n) is 5.88. The van der Waals surface area contributed by atoms with Gasteiger partial charge in [0.1, 0.15) is 6.04 Å². The molecule has 5 nitrogen and oxygen atoms in total. The first kappa shape index (κ1) is 18.3. The Balaban J connectivity index is 0.00000242. The summed E-state index contributed by atoms with van der Waals surface area (Å²) in [5.74, 6) is -6.55. The fourth-order valence-electron chi connectivity index (χ4n) is 1.72. The van der Waals surface area contributed by atoms with E-state index in [1.54, 1.807) is 0 Å². The van der Waals surface area contributed by atoms with Gasteiger partial charge in [0.25, 0.3) is 0 Å². The van der Waals surface area contributed by atoms with Crippen molar-refractivity contribution in [3.05, 3.63) is 23.8 Å². The predicted octanol–water partition coefficient (Wildman–Crippen LogP) is 2.63. The highest BCUT2D eigenvalue weighted by Crippen LogP contribution is 2.43. The van der Waals surface area contributed by atoms with Gasteiger partial charge in [-0.3, -0.25) is 0 Å². The van der Waals surface area contributed by atoms with Crippen molar-refractivity contribution >= 4 is 18.4 Å². The molecule has 1 aliphatic heterocycles. The van der Waals surface area contributed by atoms with Crippen molar-refractivity contribution in [3.8, 4) is 11.5 Å². The average molecular weight is 346 g/mol. The molecule has 0 saturated carbocycles. The van der Waals surface area contributed by atoms with Gasteiger partial charge >= 0.3 is 18.2 Å². The molecule has 1 aliphatic rings. The quantitative estimate of drug-likeness (QED) is 0.671. The molecule has 0 amide bonds. The molecule has 22 heavy (non-hydrogen) atoms. The zero-order chi connectivity index (χ0) is 15.8. The molecule has 0 fully saturated rings. The lowest BCUT2D eigenvalue weighted by atomic mass is 10.0. The van der Waals surface area contributed by atoms with Crippen LogP contribution in [0, 0.1) is 0 Å². The molecule has 0 aromatic heterocycles. The second-order valence-corrected chi connectivity index (χ2v) is 4.19. The number of halogens is 5. The van der Waals surface area contributed by atoms with Crippen LogP contribution >= 0.6 is 12.4 Å². The van der Waals surface area contributed by atoms with Gasteiger partial charge in [-0.25, -0.2) is 4.79 Å². The smallest absolute Gasteiger partial charge is 0.462 e. The van der Waals surface area contributed by atoms with Crippen molar-refractivity contribution in [3.63, 3.8) is 0 Å². The van der Waals surface area contributed by atoms with Gasteiger partial charge in [-0.2, -0.15) is 8.78 Å². The molecule has 0 radical (unpaired) electrons. The Labute approximate surface area is 128 Å². The fraction of sp³-hybridized carbons (Fsp3) is 0.417. The van der Waals surface area contributed by atoms with Gasteiger partial charge in [0, 0.05) is 0 Å². The Kier molecular flexibility index (Phi) is 5.14. The van der Waals surface area contributed by atoms with Crippen LogP contribution < -0.4 is 15.2 Å². The van der Waals surface area contributed by atoms with Gasteiger partial charge in [-0.05, 0) is 24.6 Å². The second kappa shape index (κ2) is 6.17. The molecule has 0 spiro atoms. The van der Waals surface area contributed by atoms with Crippen LogP contribution in [-0.2, 0) is 9.53 Å². The number of fused-ring (bicyclic) bond motifs is 1. The van der Waals surface area contributed by atoms with E-state index in [4.69, 9.17) is 5.73 Å². The third-order valence-corrected chi connectivity index (χ3v) is 2.72. The first-order valence-corrected chi connectivity index (χ1v) is 5.88. The molecule has 1 heterocycles. The van der Waals surface area contributed by atoms with E-state index in [0.717, 1.165) is 18.2 Å². The molecule has 1 aromatic carbocycles. The minimum absolute atomic E-state index is 0. The highest BCUT2D eigenvalue weighted by molar-refractivity contribution is 5.85. The zero-order valence-corrected chi connectivity index (χ0v) is 12.0. The molecule has 2 N–H and O–H groups in total. The van der Waals surface area contributed by atoms with Gasteiger partial charge in [0.2, 0.25) is 0 Å². The summed E-state index contributed by atoms with van der Waals surface area (Å²) in [6.07, 6.45) is -3.87. The minimum atomic E-state index is -4.01. The van der Waals surface area contributed by atoms with E-state index in [-0.39, 0.29) is 30.3 Å². The van der Waals surface area contributed by atoms with E-state index in [9.17, 15) is 22.4 Å². The third kappa shape index (κ3) is 3.36. The van der Waals surface area contributed by atoms with E-state index >= 15 is 0 Å². The molecule has 0 unspecified atom stereocenters. The average Bonchev–Trinajstić information content (AvgIpc) is 2.70. The SMILES string of the molecule is CCOC(=O)C(F)(F)[C@H](N)c1ccc2c(c1)OC(F)(F)O2.Cl. The van der Waals surface area contributed by atoms with Gasteiger partial charge in [-0.1, -0.05) is 6.07 Å². The molecule has 0 bridgehead atoms. The number of esters is 1. The van der Waals surface area contributed by atoms with Crippen LogP contribution in [0.2, 0.25) is 0 Å². The van der Waals surface area contributed by atoms with Crippen LogP contribution in [0.5, 0.6) is 11.5 Å². The summed E-state index contributed by atoms with van der Waals surface area (Å²) in [7, 11) is 0. The Morgan fingerprint density at radius 3 is 2.55 bits per heavy atom. The number of hydrogen-bond donors (Lipinski definition) is 1. The predicted molar refractivity (Wildman–Crippen MR) is 68.4 cm³/mol. The fourth-order valence-corrected chi connectivity index (χ4v) is 1.72. The van der Waals surface area contributed by atoms with Crippen LogP contribution in [0.25, 0.3) is 0 Å². The maximum atomic E-state index is 13.8. The Morgan fingerprint density at radius 2 is 1.95 bits per heavy atom. The van der Waals surface area contributed by atoms with E-state index in [0.29, 0.717) is 0 Å². The molecule has 1 atom stereocenters. The number of alkyl halides is 4. The summed E-state index contributed by atoms with van der Waals surface area (Å²) >= 11 is 0. The highest BCUT2D eigenvalue weighted by atomic mass is 35.5. The summed E-state index contributed by atoms with van der Waals surface area (Å²) in [6, 6.07) is 0.849. The first-order chi connectivity index (χ1) is 9.67. The number of hydrogen-bond acceptors (Lipinski definition) is 5. The number of nitrogens with two attached hydrogens (primary N) is 1. The summed E-state index contributed by atoms with van der Waals surface area (Å²) in [6.45, 7) is 1.12. The molecule has 124 valence electrons. The number of benzene rings is 1. The summed E-state index contributed by atoms with van der Waals surface area (Å²) in [5.41, 5.74) is 5.06. The van der Waals surface area contributed by atoms with Crippen molar-refractivity contribution in [2.24, 2.45) is 5.73 Å². The highest BCUT2D eigenvalue weighted by Gasteiger charge is 2.49. The van der Waals surface area contributed by atoms with Crippen LogP contribution in [0.15, 0.2) is 18.2 Å². The van der Waals surface area contributed by atoms with Gasteiger partial charge in [-0.15, -0.1) is 21.2 Å². The largest absolute Gasteiger partial charge is 0.586 e. The van der Waals surface area contributed by atoms with E-state index in [1.165, 1.54) is 6.92 Å². The Hall–Kier alpha value is -1.74. The lowest BCUT2D eigenvalue weighted by Crippen LogP contribution is -2.41. The molecule has 0 aliphatic carbocycles. The van der Waals surface area contributed by atoms with Crippen molar-refractivity contribution in [2.45, 2.75) is 25.2 Å². The lowest BCUT2D eigenvalue weighted by Gasteiger charge is -2.21. The molecular weight excluding hydrogens is 334 g/mol. The standard InChI is InChI=1S/C12H11F4NO4.ClH/c1-2-19-10(18)11(13,14)9(17)6-3-4-7-8(5-6)21-12(15,16)20-7;/h3-5,9H,2,17H2,1H3;1H/t9-;/m1./s1. The van der Waals surface area contributed by atoms with Crippen molar-refractivity contribution in [2.75, 3.05) is 6.61 Å². The van der Waals surface area contributed by atoms with Gasteiger partial charge < -0.3 is 19.9 Å². The Bertz CT molecular complexity index is 570. The summed E-state index contributed by atoms with van der Waals surface area (Å²) < 4.78 is 65.7. The van der Waals surface area contributed by atoms with Crippen molar-refractivity contribution < 1.29 is 36.6 Å². The number of carbonyl (C=O) groups is 1. The summed E-state index contributed by atoms with van der Waals surface area (Å²) in [4.78, 5) is 11.2. The van der Waals surface area contributed by atoms with Gasteiger partial charge in [0.05, 0.1) is 6.61 Å². The zero-order valence-electron chi connectivity index (χ0n) is 11.1. The van der Waals surface area contributed by atoms with Crippen LogP contribution in [0.3, 0.4) is 0 Å². The third-order valence-electron chi connectivity index (χ3n) is 2.72. The van der Waals surface area contributed by atoms with Crippen LogP contribution in [0.4, 0.5) is 17.6 Å². The normalized spacial score (nSPS) is 16.6. The summed E-state index contributed by atoms with van der Waals surface area (Å²) in [5, 5.41) is 0.